The molecule has 0 saturated carbocycles. The van der Waals surface area contributed by atoms with Crippen molar-refractivity contribution < 1.29 is 9.84 Å². The van der Waals surface area contributed by atoms with Crippen molar-refractivity contribution in [3.05, 3.63) is 28.8 Å². The zero-order valence-corrected chi connectivity index (χ0v) is 12.3. The molecule has 106 valence electrons. The molecule has 0 spiro atoms. The van der Waals surface area contributed by atoms with Crippen LogP contribution in [0, 0.1) is 19.8 Å². The summed E-state index contributed by atoms with van der Waals surface area (Å²) in [6, 6.07) is 4.45. The lowest BCUT2D eigenvalue weighted by molar-refractivity contribution is 0.127. The molecule has 1 N–H and O–H groups in total. The van der Waals surface area contributed by atoms with Gasteiger partial charge in [0.1, 0.15) is 5.75 Å². The second kappa shape index (κ2) is 6.40. The van der Waals surface area contributed by atoms with Gasteiger partial charge in [0, 0.05) is 13.2 Å². The average Bonchev–Trinajstić information content (AvgIpc) is 2.39. The van der Waals surface area contributed by atoms with Crippen LogP contribution in [0.25, 0.3) is 0 Å². The van der Waals surface area contributed by atoms with Gasteiger partial charge >= 0.3 is 0 Å². The third kappa shape index (κ3) is 3.48. The molecule has 3 nitrogen and oxygen atoms in total. The predicted octanol–water partition coefficient (Wildman–Crippen LogP) is 2.52. The third-order valence-electron chi connectivity index (χ3n) is 4.10. The minimum Gasteiger partial charge on any atom is -0.496 e. The Morgan fingerprint density at radius 1 is 1.21 bits per heavy atom. The van der Waals surface area contributed by atoms with Crippen LogP contribution in [0.1, 0.15) is 29.5 Å². The van der Waals surface area contributed by atoms with E-state index >= 15 is 0 Å². The molecule has 2 rings (SSSR count). The molecular formula is C16H25NO2. The molecule has 1 aromatic carbocycles. The summed E-state index contributed by atoms with van der Waals surface area (Å²) < 4.78 is 5.41. The van der Waals surface area contributed by atoms with Crippen LogP contribution in [0.15, 0.2) is 12.1 Å². The molecule has 3 heteroatoms. The van der Waals surface area contributed by atoms with Crippen molar-refractivity contribution in [1.82, 2.24) is 4.90 Å². The molecule has 0 unspecified atom stereocenters. The first-order chi connectivity index (χ1) is 9.13. The lowest BCUT2D eigenvalue weighted by atomic mass is 9.97. The molecule has 1 heterocycles. The van der Waals surface area contributed by atoms with Gasteiger partial charge in [-0.15, -0.1) is 0 Å². The van der Waals surface area contributed by atoms with Gasteiger partial charge in [-0.2, -0.15) is 0 Å². The Morgan fingerprint density at radius 3 is 2.26 bits per heavy atom. The van der Waals surface area contributed by atoms with Crippen LogP contribution in [0.3, 0.4) is 0 Å². The van der Waals surface area contributed by atoms with E-state index in [1.165, 1.54) is 16.7 Å². The first kappa shape index (κ1) is 14.4. The highest BCUT2D eigenvalue weighted by Crippen LogP contribution is 2.26. The maximum atomic E-state index is 9.17. The van der Waals surface area contributed by atoms with Crippen LogP contribution in [0.5, 0.6) is 5.75 Å². The minimum absolute atomic E-state index is 0.342. The molecule has 1 aromatic rings. The first-order valence-corrected chi connectivity index (χ1v) is 7.11. The largest absolute Gasteiger partial charge is 0.496 e. The van der Waals surface area contributed by atoms with Crippen LogP contribution in [0.4, 0.5) is 0 Å². The van der Waals surface area contributed by atoms with Gasteiger partial charge < -0.3 is 9.84 Å². The molecule has 0 aromatic heterocycles. The first-order valence-electron chi connectivity index (χ1n) is 7.11. The number of likely N-dealkylation sites (tertiary alicyclic amines) is 1. The van der Waals surface area contributed by atoms with Gasteiger partial charge in [0.05, 0.1) is 7.11 Å². The van der Waals surface area contributed by atoms with Crippen molar-refractivity contribution in [3.8, 4) is 5.75 Å². The maximum Gasteiger partial charge on any atom is 0.124 e. The Balaban J connectivity index is 2.00. The molecule has 19 heavy (non-hydrogen) atoms. The Bertz CT molecular complexity index is 400. The van der Waals surface area contributed by atoms with Crippen LogP contribution >= 0.6 is 0 Å². The van der Waals surface area contributed by atoms with Gasteiger partial charge in [0.25, 0.3) is 0 Å². The van der Waals surface area contributed by atoms with Gasteiger partial charge in [0.2, 0.25) is 0 Å². The van der Waals surface area contributed by atoms with Crippen molar-refractivity contribution in [2.75, 3.05) is 26.8 Å². The monoisotopic (exact) mass is 263 g/mol. The molecule has 0 aliphatic carbocycles. The average molecular weight is 263 g/mol. The molecule has 1 aliphatic rings. The second-order valence-electron chi connectivity index (χ2n) is 5.66. The highest BCUT2D eigenvalue weighted by molar-refractivity contribution is 5.43. The van der Waals surface area contributed by atoms with Crippen molar-refractivity contribution in [2.45, 2.75) is 33.2 Å². The summed E-state index contributed by atoms with van der Waals surface area (Å²) in [5.41, 5.74) is 3.78. The van der Waals surface area contributed by atoms with Crippen molar-refractivity contribution in [3.63, 3.8) is 0 Å². The molecule has 1 saturated heterocycles. The summed E-state index contributed by atoms with van der Waals surface area (Å²) in [6.45, 7) is 7.74. The molecule has 0 atom stereocenters. The number of ether oxygens (including phenoxy) is 1. The van der Waals surface area contributed by atoms with Gasteiger partial charge in [0.15, 0.2) is 0 Å². The summed E-state index contributed by atoms with van der Waals surface area (Å²) in [7, 11) is 1.73. The van der Waals surface area contributed by atoms with E-state index in [1.807, 2.05) is 0 Å². The molecule has 0 bridgehead atoms. The lowest BCUT2D eigenvalue weighted by Crippen LogP contribution is -2.34. The lowest BCUT2D eigenvalue weighted by Gasteiger charge is -2.31. The third-order valence-corrected chi connectivity index (χ3v) is 4.10. The van der Waals surface area contributed by atoms with Gasteiger partial charge in [-0.3, -0.25) is 4.90 Å². The van der Waals surface area contributed by atoms with Crippen LogP contribution in [-0.4, -0.2) is 36.8 Å². The van der Waals surface area contributed by atoms with E-state index in [0.29, 0.717) is 12.5 Å². The summed E-state index contributed by atoms with van der Waals surface area (Å²) >= 11 is 0. The Morgan fingerprint density at radius 2 is 1.79 bits per heavy atom. The van der Waals surface area contributed by atoms with Crippen LogP contribution < -0.4 is 4.74 Å². The fourth-order valence-corrected chi connectivity index (χ4v) is 3.04. The van der Waals surface area contributed by atoms with Crippen molar-refractivity contribution in [1.29, 1.82) is 0 Å². The smallest absolute Gasteiger partial charge is 0.124 e. The van der Waals surface area contributed by atoms with Gasteiger partial charge in [-0.05, 0) is 62.4 Å². The summed E-state index contributed by atoms with van der Waals surface area (Å²) in [6.07, 6.45) is 2.23. The normalized spacial score (nSPS) is 17.7. The Kier molecular flexibility index (Phi) is 4.83. The fraction of sp³-hybridized carbons (Fsp3) is 0.625. The number of aliphatic hydroxyl groups excluding tert-OH is 1. The fourth-order valence-electron chi connectivity index (χ4n) is 3.04. The standard InChI is InChI=1S/C16H25NO2/c1-12-8-15(9-13(2)16(12)19-3)10-17-6-4-14(11-18)5-7-17/h8-9,14,18H,4-7,10-11H2,1-3H3. The molecule has 1 aliphatic heterocycles. The summed E-state index contributed by atoms with van der Waals surface area (Å²) in [5.74, 6) is 1.51. The van der Waals surface area contributed by atoms with E-state index in [2.05, 4.69) is 30.9 Å². The van der Waals surface area contributed by atoms with E-state index < -0.39 is 0 Å². The number of rotatable bonds is 4. The Labute approximate surface area is 116 Å². The van der Waals surface area contributed by atoms with E-state index in [4.69, 9.17) is 9.84 Å². The zero-order valence-electron chi connectivity index (χ0n) is 12.3. The highest BCUT2D eigenvalue weighted by Gasteiger charge is 2.18. The SMILES string of the molecule is COc1c(C)cc(CN2CCC(CO)CC2)cc1C. The van der Waals surface area contributed by atoms with E-state index in [1.54, 1.807) is 7.11 Å². The highest BCUT2D eigenvalue weighted by atomic mass is 16.5. The molecule has 0 amide bonds. The Hall–Kier alpha value is -1.06. The van der Waals surface area contributed by atoms with Crippen LogP contribution in [0.2, 0.25) is 0 Å². The van der Waals surface area contributed by atoms with Crippen molar-refractivity contribution in [2.24, 2.45) is 5.92 Å². The number of aryl methyl sites for hydroxylation is 2. The molecular weight excluding hydrogens is 238 g/mol. The van der Waals surface area contributed by atoms with Gasteiger partial charge in [-0.1, -0.05) is 12.1 Å². The topological polar surface area (TPSA) is 32.7 Å². The maximum absolute atomic E-state index is 9.17. The number of hydrogen-bond donors (Lipinski definition) is 1. The molecule has 0 radical (unpaired) electrons. The molecule has 1 fully saturated rings. The van der Waals surface area contributed by atoms with E-state index in [-0.39, 0.29) is 0 Å². The number of hydrogen-bond acceptors (Lipinski definition) is 3. The summed E-state index contributed by atoms with van der Waals surface area (Å²) in [4.78, 5) is 2.48. The number of methoxy groups -OCH3 is 1. The summed E-state index contributed by atoms with van der Waals surface area (Å²) in [5, 5.41) is 9.17. The second-order valence-corrected chi connectivity index (χ2v) is 5.66. The van der Waals surface area contributed by atoms with Crippen LogP contribution in [-0.2, 0) is 6.54 Å². The number of piperidine rings is 1. The quantitative estimate of drug-likeness (QED) is 0.906. The van der Waals surface area contributed by atoms with E-state index in [9.17, 15) is 0 Å². The van der Waals surface area contributed by atoms with Crippen molar-refractivity contribution >= 4 is 0 Å². The number of aliphatic hydroxyl groups is 1. The zero-order chi connectivity index (χ0) is 13.8. The van der Waals surface area contributed by atoms with Gasteiger partial charge in [-0.25, -0.2) is 0 Å². The number of benzene rings is 1. The van der Waals surface area contributed by atoms with E-state index in [0.717, 1.165) is 38.2 Å². The minimum atomic E-state index is 0.342. The predicted molar refractivity (Wildman–Crippen MR) is 77.6 cm³/mol. The number of nitrogens with zero attached hydrogens (tertiary/aromatic N) is 1.